The van der Waals surface area contributed by atoms with Gasteiger partial charge in [0, 0.05) is 24.3 Å². The summed E-state index contributed by atoms with van der Waals surface area (Å²) in [6.45, 7) is 0. The maximum Gasteiger partial charge on any atom is 0.226 e. The van der Waals surface area contributed by atoms with Crippen LogP contribution >= 0.6 is 11.3 Å². The number of hydrogen-bond acceptors (Lipinski definition) is 5. The minimum absolute atomic E-state index is 0.0640. The van der Waals surface area contributed by atoms with Crippen molar-refractivity contribution in [3.05, 3.63) is 40.7 Å². The molecule has 7 heteroatoms. The predicted octanol–water partition coefficient (Wildman–Crippen LogP) is 4.33. The van der Waals surface area contributed by atoms with Crippen LogP contribution in [-0.2, 0) is 4.79 Å². The fraction of sp³-hybridized carbons (Fsp3) is 0.444. The molecule has 0 spiro atoms. The summed E-state index contributed by atoms with van der Waals surface area (Å²) in [5.74, 6) is -0.381. The van der Waals surface area contributed by atoms with Gasteiger partial charge in [-0.3, -0.25) is 9.59 Å². The Morgan fingerprint density at radius 3 is 2.52 bits per heavy atom. The molecule has 5 nitrogen and oxygen atoms in total. The van der Waals surface area contributed by atoms with Gasteiger partial charge in [0.15, 0.2) is 5.78 Å². The van der Waals surface area contributed by atoms with E-state index in [1.165, 1.54) is 54.9 Å². The highest BCUT2D eigenvalue weighted by molar-refractivity contribution is 7.15. The number of benzene rings is 1. The second kappa shape index (κ2) is 8.29. The van der Waals surface area contributed by atoms with Gasteiger partial charge >= 0.3 is 0 Å². The van der Waals surface area contributed by atoms with E-state index in [2.05, 4.69) is 15.5 Å². The number of aromatic nitrogens is 2. The summed E-state index contributed by atoms with van der Waals surface area (Å²) in [6.07, 6.45) is 6.12. The van der Waals surface area contributed by atoms with Crippen LogP contribution in [0.15, 0.2) is 24.3 Å². The van der Waals surface area contributed by atoms with Gasteiger partial charge in [-0.1, -0.05) is 30.6 Å². The first-order valence-corrected chi connectivity index (χ1v) is 9.35. The molecule has 1 heterocycles. The van der Waals surface area contributed by atoms with E-state index in [0.717, 1.165) is 17.8 Å². The molecule has 1 aromatic carbocycles. The third-order valence-electron chi connectivity index (χ3n) is 4.39. The first-order chi connectivity index (χ1) is 12.1. The van der Waals surface area contributed by atoms with E-state index in [9.17, 15) is 14.0 Å². The Kier molecular flexibility index (Phi) is 5.86. The number of carbonyl (C=O) groups is 2. The molecule has 0 unspecified atom stereocenters. The van der Waals surface area contributed by atoms with E-state index >= 15 is 0 Å². The van der Waals surface area contributed by atoms with E-state index in [-0.39, 0.29) is 30.3 Å². The molecule has 0 bridgehead atoms. The standard InChI is InChI=1S/C18H20FN3O2S/c19-14-8-6-12(7-9-14)15(23)10-11-16(24)20-18-22-21-17(25-18)13-4-2-1-3-5-13/h6-9,13H,1-5,10-11H2,(H,20,22,24). The monoisotopic (exact) mass is 361 g/mol. The molecule has 1 aliphatic rings. The first-order valence-electron chi connectivity index (χ1n) is 8.54. The van der Waals surface area contributed by atoms with Gasteiger partial charge in [-0.2, -0.15) is 0 Å². The number of carbonyl (C=O) groups excluding carboxylic acids is 2. The lowest BCUT2D eigenvalue weighted by Gasteiger charge is -2.18. The Morgan fingerprint density at radius 1 is 1.08 bits per heavy atom. The van der Waals surface area contributed by atoms with Crippen LogP contribution in [0.2, 0.25) is 0 Å². The van der Waals surface area contributed by atoms with Crippen molar-refractivity contribution in [2.24, 2.45) is 0 Å². The molecule has 25 heavy (non-hydrogen) atoms. The molecule has 0 saturated heterocycles. The minimum atomic E-state index is -0.390. The SMILES string of the molecule is O=C(CCC(=O)c1ccc(F)cc1)Nc1nnc(C2CCCCC2)s1. The number of nitrogens with one attached hydrogen (secondary N) is 1. The molecular weight excluding hydrogens is 341 g/mol. The lowest BCUT2D eigenvalue weighted by Crippen LogP contribution is -2.13. The second-order valence-corrected chi connectivity index (χ2v) is 7.27. The molecule has 0 radical (unpaired) electrons. The fourth-order valence-electron chi connectivity index (χ4n) is 2.99. The Bertz CT molecular complexity index is 739. The van der Waals surface area contributed by atoms with E-state index in [4.69, 9.17) is 0 Å². The normalized spacial score (nSPS) is 15.1. The Hall–Kier alpha value is -2.15. The van der Waals surface area contributed by atoms with Gasteiger partial charge in [0.05, 0.1) is 0 Å². The van der Waals surface area contributed by atoms with E-state index in [0.29, 0.717) is 16.6 Å². The van der Waals surface area contributed by atoms with Crippen LogP contribution in [0.1, 0.15) is 66.2 Å². The summed E-state index contributed by atoms with van der Waals surface area (Å²) in [4.78, 5) is 24.0. The van der Waals surface area contributed by atoms with E-state index in [1.54, 1.807) is 0 Å². The molecule has 0 aliphatic heterocycles. The average Bonchev–Trinajstić information content (AvgIpc) is 3.09. The van der Waals surface area contributed by atoms with Gasteiger partial charge in [0.1, 0.15) is 10.8 Å². The van der Waals surface area contributed by atoms with Crippen LogP contribution in [0, 0.1) is 5.82 Å². The van der Waals surface area contributed by atoms with Crippen LogP contribution in [0.3, 0.4) is 0 Å². The first kappa shape index (κ1) is 17.7. The maximum atomic E-state index is 12.9. The van der Waals surface area contributed by atoms with Crippen molar-refractivity contribution in [2.75, 3.05) is 5.32 Å². The zero-order valence-electron chi connectivity index (χ0n) is 13.8. The lowest BCUT2D eigenvalue weighted by atomic mass is 9.90. The molecule has 1 N–H and O–H groups in total. The van der Waals surface area contributed by atoms with Crippen LogP contribution < -0.4 is 5.32 Å². The Labute approximate surface area is 149 Å². The molecule has 1 amide bonds. The average molecular weight is 361 g/mol. The van der Waals surface area contributed by atoms with Gasteiger partial charge < -0.3 is 5.32 Å². The van der Waals surface area contributed by atoms with Gasteiger partial charge in [-0.05, 0) is 37.1 Å². The summed E-state index contributed by atoms with van der Waals surface area (Å²) in [7, 11) is 0. The largest absolute Gasteiger partial charge is 0.301 e. The fourth-order valence-corrected chi connectivity index (χ4v) is 3.92. The lowest BCUT2D eigenvalue weighted by molar-refractivity contribution is -0.116. The minimum Gasteiger partial charge on any atom is -0.301 e. The summed E-state index contributed by atoms with van der Waals surface area (Å²) < 4.78 is 12.9. The molecular formula is C18H20FN3O2S. The molecule has 3 rings (SSSR count). The number of nitrogens with zero attached hydrogens (tertiary/aromatic N) is 2. The molecule has 0 atom stereocenters. The number of ketones is 1. The smallest absolute Gasteiger partial charge is 0.226 e. The number of Topliss-reactive ketones (excluding diaryl/α,β-unsaturated/α-hetero) is 1. The number of rotatable bonds is 6. The molecule has 1 fully saturated rings. The number of hydrogen-bond donors (Lipinski definition) is 1. The van der Waals surface area contributed by atoms with Crippen molar-refractivity contribution >= 4 is 28.2 Å². The van der Waals surface area contributed by atoms with Crippen LogP contribution in [-0.4, -0.2) is 21.9 Å². The molecule has 1 aliphatic carbocycles. The van der Waals surface area contributed by atoms with Crippen molar-refractivity contribution in [3.8, 4) is 0 Å². The van der Waals surface area contributed by atoms with Crippen molar-refractivity contribution in [2.45, 2.75) is 50.9 Å². The molecule has 1 saturated carbocycles. The van der Waals surface area contributed by atoms with Crippen molar-refractivity contribution in [1.29, 1.82) is 0 Å². The highest BCUT2D eigenvalue weighted by Gasteiger charge is 2.20. The third-order valence-corrected chi connectivity index (χ3v) is 5.39. The zero-order chi connectivity index (χ0) is 17.6. The quantitative estimate of drug-likeness (QED) is 0.778. The van der Waals surface area contributed by atoms with Crippen molar-refractivity contribution < 1.29 is 14.0 Å². The van der Waals surface area contributed by atoms with Gasteiger partial charge in [0.2, 0.25) is 11.0 Å². The topological polar surface area (TPSA) is 72.0 Å². The zero-order valence-corrected chi connectivity index (χ0v) is 14.7. The highest BCUT2D eigenvalue weighted by atomic mass is 32.1. The Morgan fingerprint density at radius 2 is 1.80 bits per heavy atom. The summed E-state index contributed by atoms with van der Waals surface area (Å²) in [5, 5.41) is 12.4. The number of amides is 1. The molecule has 132 valence electrons. The van der Waals surface area contributed by atoms with E-state index in [1.807, 2.05) is 0 Å². The molecule has 2 aromatic rings. The van der Waals surface area contributed by atoms with Crippen LogP contribution in [0.4, 0.5) is 9.52 Å². The van der Waals surface area contributed by atoms with Gasteiger partial charge in [-0.15, -0.1) is 10.2 Å². The van der Waals surface area contributed by atoms with Crippen LogP contribution in [0.25, 0.3) is 0 Å². The summed E-state index contributed by atoms with van der Waals surface area (Å²) in [6, 6.07) is 5.33. The van der Waals surface area contributed by atoms with E-state index < -0.39 is 0 Å². The highest BCUT2D eigenvalue weighted by Crippen LogP contribution is 2.35. The summed E-state index contributed by atoms with van der Waals surface area (Å²) in [5.41, 5.74) is 0.407. The van der Waals surface area contributed by atoms with Crippen LogP contribution in [0.5, 0.6) is 0 Å². The van der Waals surface area contributed by atoms with Gasteiger partial charge in [-0.25, -0.2) is 4.39 Å². The summed E-state index contributed by atoms with van der Waals surface area (Å²) >= 11 is 1.42. The maximum absolute atomic E-state index is 12.9. The number of halogens is 1. The Balaban J connectivity index is 1.48. The molecule has 1 aromatic heterocycles. The van der Waals surface area contributed by atoms with Crippen molar-refractivity contribution in [3.63, 3.8) is 0 Å². The third kappa shape index (κ3) is 4.92. The van der Waals surface area contributed by atoms with Gasteiger partial charge in [0.25, 0.3) is 0 Å². The predicted molar refractivity (Wildman–Crippen MR) is 94.3 cm³/mol. The second-order valence-electron chi connectivity index (χ2n) is 6.26. The van der Waals surface area contributed by atoms with Crippen molar-refractivity contribution in [1.82, 2.24) is 10.2 Å². The number of anilines is 1.